The highest BCUT2D eigenvalue weighted by molar-refractivity contribution is 5.82. The van der Waals surface area contributed by atoms with E-state index in [-0.39, 0.29) is 24.0 Å². The topological polar surface area (TPSA) is 102 Å². The molecular weight excluding hydrogens is 274 g/mol. The summed E-state index contributed by atoms with van der Waals surface area (Å²) in [7, 11) is 0. The van der Waals surface area contributed by atoms with E-state index in [0.717, 1.165) is 25.8 Å². The first kappa shape index (κ1) is 17.7. The van der Waals surface area contributed by atoms with Gasteiger partial charge < -0.3 is 20.8 Å². The molecule has 0 aromatic carbocycles. The van der Waals surface area contributed by atoms with Gasteiger partial charge >= 0.3 is 6.09 Å². The SMILES string of the molecule is CC(C)(C)NC(=O)[C@@H]1CCCCN1CC(O)CNC(=O)O. The number of aliphatic hydroxyl groups excluding tert-OH is 1. The maximum absolute atomic E-state index is 12.3. The molecule has 1 unspecified atom stereocenters. The Labute approximate surface area is 125 Å². The Balaban J connectivity index is 2.56. The van der Waals surface area contributed by atoms with Gasteiger partial charge in [-0.15, -0.1) is 0 Å². The number of hydrogen-bond donors (Lipinski definition) is 4. The number of likely N-dealkylation sites (tertiary alicyclic amines) is 1. The van der Waals surface area contributed by atoms with Gasteiger partial charge in [0.2, 0.25) is 5.91 Å². The summed E-state index contributed by atoms with van der Waals surface area (Å²) in [6.07, 6.45) is 0.764. The Kier molecular flexibility index (Phi) is 6.42. The minimum atomic E-state index is -1.16. The number of carbonyl (C=O) groups is 2. The van der Waals surface area contributed by atoms with Crippen molar-refractivity contribution in [3.63, 3.8) is 0 Å². The second kappa shape index (κ2) is 7.61. The second-order valence-electron chi connectivity index (χ2n) is 6.59. The Morgan fingerprint density at radius 2 is 2.00 bits per heavy atom. The van der Waals surface area contributed by atoms with Crippen molar-refractivity contribution in [1.29, 1.82) is 0 Å². The van der Waals surface area contributed by atoms with Crippen LogP contribution in [0.1, 0.15) is 40.0 Å². The lowest BCUT2D eigenvalue weighted by Crippen LogP contribution is -2.55. The molecule has 21 heavy (non-hydrogen) atoms. The van der Waals surface area contributed by atoms with Gasteiger partial charge in [-0.2, -0.15) is 0 Å². The predicted octanol–water partition coefficient (Wildman–Crippen LogP) is 0.384. The highest BCUT2D eigenvalue weighted by Gasteiger charge is 2.31. The van der Waals surface area contributed by atoms with Crippen LogP contribution in [0.2, 0.25) is 0 Å². The number of amides is 2. The molecule has 1 aliphatic heterocycles. The molecule has 7 heteroatoms. The lowest BCUT2D eigenvalue weighted by Gasteiger charge is -2.37. The largest absolute Gasteiger partial charge is 0.465 e. The molecular formula is C14H27N3O4. The summed E-state index contributed by atoms with van der Waals surface area (Å²) in [4.78, 5) is 24.7. The quantitative estimate of drug-likeness (QED) is 0.588. The number of carbonyl (C=O) groups excluding carboxylic acids is 1. The molecule has 1 fully saturated rings. The van der Waals surface area contributed by atoms with E-state index in [2.05, 4.69) is 10.6 Å². The van der Waals surface area contributed by atoms with Crippen LogP contribution in [0.25, 0.3) is 0 Å². The minimum Gasteiger partial charge on any atom is -0.465 e. The molecule has 1 rings (SSSR count). The first-order chi connectivity index (χ1) is 9.69. The van der Waals surface area contributed by atoms with Crippen LogP contribution in [0.5, 0.6) is 0 Å². The summed E-state index contributed by atoms with van der Waals surface area (Å²) in [6.45, 7) is 6.81. The molecule has 0 aliphatic carbocycles. The van der Waals surface area contributed by atoms with Crippen LogP contribution in [-0.2, 0) is 4.79 Å². The lowest BCUT2D eigenvalue weighted by molar-refractivity contribution is -0.129. The number of carboxylic acid groups (broad SMARTS) is 1. The number of nitrogens with zero attached hydrogens (tertiary/aromatic N) is 1. The highest BCUT2D eigenvalue weighted by atomic mass is 16.4. The van der Waals surface area contributed by atoms with E-state index < -0.39 is 12.2 Å². The number of β-amino-alcohol motifs (C(OH)–C–C–N with tert-alkyl or cyclic N) is 1. The summed E-state index contributed by atoms with van der Waals surface area (Å²) in [6, 6.07) is -0.252. The van der Waals surface area contributed by atoms with Crippen molar-refractivity contribution < 1.29 is 19.8 Å². The summed E-state index contributed by atoms with van der Waals surface area (Å²) in [5.41, 5.74) is -0.288. The molecule has 0 bridgehead atoms. The van der Waals surface area contributed by atoms with Gasteiger partial charge in [-0.05, 0) is 40.2 Å². The summed E-state index contributed by atoms with van der Waals surface area (Å²) < 4.78 is 0. The molecule has 1 saturated heterocycles. The monoisotopic (exact) mass is 301 g/mol. The van der Waals surface area contributed by atoms with Crippen LogP contribution in [0, 0.1) is 0 Å². The van der Waals surface area contributed by atoms with E-state index in [9.17, 15) is 14.7 Å². The Hall–Kier alpha value is -1.34. The van der Waals surface area contributed by atoms with Crippen LogP contribution < -0.4 is 10.6 Å². The van der Waals surface area contributed by atoms with Crippen molar-refractivity contribution in [1.82, 2.24) is 15.5 Å². The first-order valence-corrected chi connectivity index (χ1v) is 7.40. The van der Waals surface area contributed by atoms with Gasteiger partial charge in [0, 0.05) is 18.6 Å². The predicted molar refractivity (Wildman–Crippen MR) is 79.1 cm³/mol. The van der Waals surface area contributed by atoms with E-state index in [1.54, 1.807) is 0 Å². The molecule has 2 amide bonds. The molecule has 4 N–H and O–H groups in total. The average Bonchev–Trinajstić information content (AvgIpc) is 2.35. The fraction of sp³-hybridized carbons (Fsp3) is 0.857. The van der Waals surface area contributed by atoms with Crippen molar-refractivity contribution >= 4 is 12.0 Å². The molecule has 1 heterocycles. The Morgan fingerprint density at radius 3 is 2.57 bits per heavy atom. The maximum Gasteiger partial charge on any atom is 0.404 e. The fourth-order valence-corrected chi connectivity index (χ4v) is 2.50. The van der Waals surface area contributed by atoms with Crippen molar-refractivity contribution in [2.75, 3.05) is 19.6 Å². The molecule has 0 saturated carbocycles. The zero-order valence-corrected chi connectivity index (χ0v) is 13.1. The third kappa shape index (κ3) is 6.77. The molecule has 7 nitrogen and oxygen atoms in total. The fourth-order valence-electron chi connectivity index (χ4n) is 2.50. The Morgan fingerprint density at radius 1 is 1.33 bits per heavy atom. The molecule has 0 aromatic heterocycles. The van der Waals surface area contributed by atoms with Crippen molar-refractivity contribution in [3.05, 3.63) is 0 Å². The second-order valence-corrected chi connectivity index (χ2v) is 6.59. The smallest absolute Gasteiger partial charge is 0.404 e. The number of aliphatic hydroxyl groups is 1. The third-order valence-corrected chi connectivity index (χ3v) is 3.35. The van der Waals surface area contributed by atoms with Gasteiger partial charge in [-0.25, -0.2) is 4.79 Å². The normalized spacial score (nSPS) is 21.6. The minimum absolute atomic E-state index is 0.0272. The van der Waals surface area contributed by atoms with Crippen molar-refractivity contribution in [2.45, 2.75) is 57.7 Å². The van der Waals surface area contributed by atoms with Crippen molar-refractivity contribution in [2.24, 2.45) is 0 Å². The molecule has 0 aromatic rings. The zero-order chi connectivity index (χ0) is 16.0. The zero-order valence-electron chi connectivity index (χ0n) is 13.1. The number of nitrogens with one attached hydrogen (secondary N) is 2. The van der Waals surface area contributed by atoms with Gasteiger partial charge in [0.1, 0.15) is 0 Å². The van der Waals surface area contributed by atoms with Gasteiger partial charge in [0.25, 0.3) is 0 Å². The number of piperidine rings is 1. The summed E-state index contributed by atoms with van der Waals surface area (Å²) >= 11 is 0. The van der Waals surface area contributed by atoms with E-state index in [0.29, 0.717) is 6.54 Å². The van der Waals surface area contributed by atoms with Gasteiger partial charge in [0.15, 0.2) is 0 Å². The van der Waals surface area contributed by atoms with Crippen LogP contribution in [0.4, 0.5) is 4.79 Å². The molecule has 0 radical (unpaired) electrons. The van der Waals surface area contributed by atoms with Crippen molar-refractivity contribution in [3.8, 4) is 0 Å². The van der Waals surface area contributed by atoms with Gasteiger partial charge in [-0.1, -0.05) is 6.42 Å². The standard InChI is InChI=1S/C14H27N3O4/c1-14(2,3)16-12(19)11-6-4-5-7-17(11)9-10(18)8-15-13(20)21/h10-11,15,18H,4-9H2,1-3H3,(H,16,19)(H,20,21)/t10?,11-/m0/s1. The van der Waals surface area contributed by atoms with Crippen LogP contribution in [-0.4, -0.2) is 64.4 Å². The Bertz CT molecular complexity index is 368. The van der Waals surface area contributed by atoms with Gasteiger partial charge in [0.05, 0.1) is 12.1 Å². The third-order valence-electron chi connectivity index (χ3n) is 3.35. The maximum atomic E-state index is 12.3. The summed E-state index contributed by atoms with van der Waals surface area (Å²) in [5, 5.41) is 23.5. The van der Waals surface area contributed by atoms with Crippen LogP contribution >= 0.6 is 0 Å². The molecule has 0 spiro atoms. The first-order valence-electron chi connectivity index (χ1n) is 7.40. The van der Waals surface area contributed by atoms with Crippen LogP contribution in [0.3, 0.4) is 0 Å². The summed E-state index contributed by atoms with van der Waals surface area (Å²) in [5.74, 6) is -0.0272. The number of rotatable bonds is 5. The molecule has 1 aliphatic rings. The molecule has 2 atom stereocenters. The van der Waals surface area contributed by atoms with Gasteiger partial charge in [-0.3, -0.25) is 9.69 Å². The van der Waals surface area contributed by atoms with E-state index in [4.69, 9.17) is 5.11 Å². The average molecular weight is 301 g/mol. The molecule has 122 valence electrons. The van der Waals surface area contributed by atoms with E-state index in [1.165, 1.54) is 0 Å². The van der Waals surface area contributed by atoms with E-state index >= 15 is 0 Å². The van der Waals surface area contributed by atoms with Crippen LogP contribution in [0.15, 0.2) is 0 Å². The van der Waals surface area contributed by atoms with E-state index in [1.807, 2.05) is 25.7 Å². The lowest BCUT2D eigenvalue weighted by atomic mass is 9.99. The number of hydrogen-bond acceptors (Lipinski definition) is 4. The highest BCUT2D eigenvalue weighted by Crippen LogP contribution is 2.18.